The molecule has 3 N–H and O–H groups in total. The van der Waals surface area contributed by atoms with Crippen LogP contribution in [0.25, 0.3) is 0 Å². The van der Waals surface area contributed by atoms with Crippen molar-refractivity contribution in [2.45, 2.75) is 50.5 Å². The number of nitrogens with two attached hydrogens (primary N) is 1. The summed E-state index contributed by atoms with van der Waals surface area (Å²) in [7, 11) is 0. The Morgan fingerprint density at radius 2 is 1.65 bits per heavy atom. The molecule has 4 saturated carbocycles. The van der Waals surface area contributed by atoms with Gasteiger partial charge in [0.2, 0.25) is 0 Å². The van der Waals surface area contributed by atoms with Crippen molar-refractivity contribution in [3.05, 3.63) is 26.8 Å². The van der Waals surface area contributed by atoms with Crippen molar-refractivity contribution in [2.24, 2.45) is 23.5 Å². The average molecular weight is 383 g/mol. The smallest absolute Gasteiger partial charge is 0.133 e. The molecular formula is C17H22INO. The summed E-state index contributed by atoms with van der Waals surface area (Å²) in [6.07, 6.45) is 8.51. The second-order valence-electron chi connectivity index (χ2n) is 7.37. The Bertz CT molecular complexity index is 519. The topological polar surface area (TPSA) is 46.2 Å². The van der Waals surface area contributed by atoms with Gasteiger partial charge >= 0.3 is 0 Å². The van der Waals surface area contributed by atoms with Gasteiger partial charge in [0.05, 0.1) is 3.57 Å². The van der Waals surface area contributed by atoms with Gasteiger partial charge < -0.3 is 10.8 Å². The summed E-state index contributed by atoms with van der Waals surface area (Å²) >= 11 is 2.25. The van der Waals surface area contributed by atoms with Crippen LogP contribution < -0.4 is 5.73 Å². The van der Waals surface area contributed by atoms with E-state index >= 15 is 0 Å². The van der Waals surface area contributed by atoms with Gasteiger partial charge in [-0.15, -0.1) is 0 Å². The molecule has 0 unspecified atom stereocenters. The molecule has 20 heavy (non-hydrogen) atoms. The van der Waals surface area contributed by atoms with Gasteiger partial charge in [-0.1, -0.05) is 6.07 Å². The maximum atomic E-state index is 10.1. The van der Waals surface area contributed by atoms with E-state index in [1.807, 2.05) is 0 Å². The third-order valence-electron chi connectivity index (χ3n) is 6.01. The molecule has 4 aliphatic rings. The van der Waals surface area contributed by atoms with Gasteiger partial charge in [-0.3, -0.25) is 0 Å². The number of aromatic hydroxyl groups is 1. The van der Waals surface area contributed by atoms with Crippen LogP contribution in [0.3, 0.4) is 0 Å². The molecule has 0 heterocycles. The van der Waals surface area contributed by atoms with E-state index in [4.69, 9.17) is 5.73 Å². The van der Waals surface area contributed by atoms with Crippen molar-refractivity contribution >= 4 is 22.6 Å². The predicted octanol–water partition coefficient (Wildman–Crippen LogP) is 3.92. The molecule has 4 fully saturated rings. The average Bonchev–Trinajstić information content (AvgIpc) is 2.40. The van der Waals surface area contributed by atoms with Crippen LogP contribution in [0.15, 0.2) is 12.1 Å². The lowest BCUT2D eigenvalue weighted by Gasteiger charge is -2.57. The molecule has 0 atom stereocenters. The van der Waals surface area contributed by atoms with E-state index in [9.17, 15) is 5.11 Å². The van der Waals surface area contributed by atoms with E-state index < -0.39 is 0 Å². The van der Waals surface area contributed by atoms with Crippen LogP contribution >= 0.6 is 22.6 Å². The standard InChI is InChI=1S/C17H22INO/c18-15-5-14(4-13(9-19)16(15)20)17-6-10-1-11(7-17)3-12(2-10)8-17/h4-5,10-12,20H,1-3,6-9,19H2. The first-order chi connectivity index (χ1) is 9.59. The van der Waals surface area contributed by atoms with Gasteiger partial charge in [-0.25, -0.2) is 0 Å². The molecule has 0 aliphatic heterocycles. The van der Waals surface area contributed by atoms with Crippen molar-refractivity contribution in [3.8, 4) is 5.75 Å². The molecular weight excluding hydrogens is 361 g/mol. The molecule has 0 aromatic heterocycles. The minimum atomic E-state index is 0.390. The first-order valence-corrected chi connectivity index (χ1v) is 8.89. The summed E-state index contributed by atoms with van der Waals surface area (Å²) in [4.78, 5) is 0. The normalized spacial score (nSPS) is 38.4. The highest BCUT2D eigenvalue weighted by Crippen LogP contribution is 2.61. The van der Waals surface area contributed by atoms with E-state index in [1.54, 1.807) is 0 Å². The summed E-state index contributed by atoms with van der Waals surface area (Å²) < 4.78 is 0.969. The van der Waals surface area contributed by atoms with Crippen molar-refractivity contribution in [3.63, 3.8) is 0 Å². The molecule has 0 amide bonds. The Kier molecular flexibility index (Phi) is 3.08. The summed E-state index contributed by atoms with van der Waals surface area (Å²) in [5, 5.41) is 10.1. The first-order valence-electron chi connectivity index (χ1n) is 7.81. The predicted molar refractivity (Wildman–Crippen MR) is 88.6 cm³/mol. The quantitative estimate of drug-likeness (QED) is 0.761. The third-order valence-corrected chi connectivity index (χ3v) is 6.84. The van der Waals surface area contributed by atoms with Gasteiger partial charge in [-0.05, 0) is 95.9 Å². The van der Waals surface area contributed by atoms with Crippen molar-refractivity contribution in [1.82, 2.24) is 0 Å². The van der Waals surface area contributed by atoms with Crippen LogP contribution in [0.5, 0.6) is 5.75 Å². The molecule has 0 radical (unpaired) electrons. The molecule has 1 aromatic carbocycles. The van der Waals surface area contributed by atoms with Crippen LogP contribution in [-0.4, -0.2) is 5.11 Å². The first kappa shape index (κ1) is 13.4. The largest absolute Gasteiger partial charge is 0.507 e. The Morgan fingerprint density at radius 1 is 1.10 bits per heavy atom. The molecule has 108 valence electrons. The fourth-order valence-corrected chi connectivity index (χ4v) is 6.26. The SMILES string of the molecule is NCc1cc(C23CC4CC(CC(C4)C2)C3)cc(I)c1O. The Morgan fingerprint density at radius 3 is 2.15 bits per heavy atom. The maximum absolute atomic E-state index is 10.1. The van der Waals surface area contributed by atoms with E-state index in [-0.39, 0.29) is 0 Å². The second kappa shape index (κ2) is 4.60. The number of phenolic OH excluding ortho intramolecular Hbond substituents is 1. The molecule has 1 aromatic rings. The van der Waals surface area contributed by atoms with Gasteiger partial charge in [0, 0.05) is 12.1 Å². The number of benzene rings is 1. The van der Waals surface area contributed by atoms with E-state index in [0.717, 1.165) is 26.9 Å². The van der Waals surface area contributed by atoms with Crippen LogP contribution in [0.2, 0.25) is 0 Å². The minimum absolute atomic E-state index is 0.390. The molecule has 5 rings (SSSR count). The highest BCUT2D eigenvalue weighted by atomic mass is 127. The summed E-state index contributed by atoms with van der Waals surface area (Å²) in [6, 6.07) is 4.42. The fourth-order valence-electron chi connectivity index (χ4n) is 5.58. The van der Waals surface area contributed by atoms with E-state index in [1.165, 1.54) is 44.1 Å². The zero-order valence-corrected chi connectivity index (χ0v) is 13.9. The highest BCUT2D eigenvalue weighted by molar-refractivity contribution is 14.1. The minimum Gasteiger partial charge on any atom is -0.507 e. The molecule has 4 aliphatic carbocycles. The number of halogens is 1. The molecule has 3 heteroatoms. The van der Waals surface area contributed by atoms with Crippen molar-refractivity contribution in [1.29, 1.82) is 0 Å². The van der Waals surface area contributed by atoms with Gasteiger partial charge in [-0.2, -0.15) is 0 Å². The molecule has 0 saturated heterocycles. The summed E-state index contributed by atoms with van der Waals surface area (Å²) in [6.45, 7) is 0.433. The van der Waals surface area contributed by atoms with Crippen molar-refractivity contribution in [2.75, 3.05) is 0 Å². The molecule has 2 nitrogen and oxygen atoms in total. The van der Waals surface area contributed by atoms with E-state index in [2.05, 4.69) is 34.7 Å². The molecule has 4 bridgehead atoms. The number of rotatable bonds is 2. The van der Waals surface area contributed by atoms with Gasteiger partial charge in [0.15, 0.2) is 0 Å². The monoisotopic (exact) mass is 383 g/mol. The number of hydrogen-bond donors (Lipinski definition) is 2. The zero-order chi connectivity index (χ0) is 13.9. The molecule has 0 spiro atoms. The van der Waals surface area contributed by atoms with Crippen LogP contribution in [0, 0.1) is 21.3 Å². The van der Waals surface area contributed by atoms with Gasteiger partial charge in [0.25, 0.3) is 0 Å². The van der Waals surface area contributed by atoms with Crippen LogP contribution in [0.4, 0.5) is 0 Å². The Labute approximate surface area is 134 Å². The van der Waals surface area contributed by atoms with Crippen LogP contribution in [0.1, 0.15) is 49.7 Å². The third kappa shape index (κ3) is 1.92. The Balaban J connectivity index is 1.79. The fraction of sp³-hybridized carbons (Fsp3) is 0.647. The lowest BCUT2D eigenvalue weighted by Crippen LogP contribution is -2.48. The lowest BCUT2D eigenvalue weighted by molar-refractivity contribution is -0.00526. The van der Waals surface area contributed by atoms with E-state index in [0.29, 0.717) is 17.7 Å². The number of phenols is 1. The highest BCUT2D eigenvalue weighted by Gasteiger charge is 2.51. The summed E-state index contributed by atoms with van der Waals surface area (Å²) in [5.41, 5.74) is 8.59. The lowest BCUT2D eigenvalue weighted by atomic mass is 9.48. The van der Waals surface area contributed by atoms with Gasteiger partial charge in [0.1, 0.15) is 5.75 Å². The number of hydrogen-bond acceptors (Lipinski definition) is 2. The van der Waals surface area contributed by atoms with Crippen molar-refractivity contribution < 1.29 is 5.11 Å². The Hall–Kier alpha value is -0.290. The summed E-state index contributed by atoms with van der Waals surface area (Å²) in [5.74, 6) is 3.25. The second-order valence-corrected chi connectivity index (χ2v) is 8.53. The maximum Gasteiger partial charge on any atom is 0.133 e. The zero-order valence-electron chi connectivity index (χ0n) is 11.7. The van der Waals surface area contributed by atoms with Crippen LogP contribution in [-0.2, 0) is 12.0 Å².